The van der Waals surface area contributed by atoms with Crippen molar-refractivity contribution < 1.29 is 14.6 Å². The normalized spacial score (nSPS) is 18.5. The van der Waals surface area contributed by atoms with E-state index in [-0.39, 0.29) is 18.1 Å². The number of hydrogen-bond donors (Lipinski definition) is 1. The lowest BCUT2D eigenvalue weighted by Crippen LogP contribution is -2.42. The zero-order valence-corrected chi connectivity index (χ0v) is 17.5. The van der Waals surface area contributed by atoms with Gasteiger partial charge in [0.15, 0.2) is 0 Å². The second-order valence-corrected chi connectivity index (χ2v) is 9.09. The number of thioether (sulfide) groups is 1. The summed E-state index contributed by atoms with van der Waals surface area (Å²) in [5.74, 6) is 0.565. The molecule has 0 aromatic heterocycles. The SMILES string of the molecule is CSc1ccccc1C(C)C(O)CC1CCN(C(=O)OC(C)(C)C)CC1. The lowest BCUT2D eigenvalue weighted by molar-refractivity contribution is 0.0155. The highest BCUT2D eigenvalue weighted by Gasteiger charge is 2.29. The third kappa shape index (κ3) is 5.92. The molecule has 1 saturated heterocycles. The largest absolute Gasteiger partial charge is 0.444 e. The Balaban J connectivity index is 1.86. The van der Waals surface area contributed by atoms with Crippen molar-refractivity contribution in [3.63, 3.8) is 0 Å². The van der Waals surface area contributed by atoms with E-state index in [4.69, 9.17) is 4.74 Å². The van der Waals surface area contributed by atoms with Crippen molar-refractivity contribution >= 4 is 17.9 Å². The van der Waals surface area contributed by atoms with Gasteiger partial charge >= 0.3 is 6.09 Å². The molecule has 0 aliphatic carbocycles. The Morgan fingerprint density at radius 3 is 2.50 bits per heavy atom. The molecule has 0 bridgehead atoms. The number of nitrogens with zero attached hydrogens (tertiary/aromatic N) is 1. The molecular formula is C21H33NO3S. The van der Waals surface area contributed by atoms with Crippen LogP contribution in [0.15, 0.2) is 29.2 Å². The van der Waals surface area contributed by atoms with Crippen LogP contribution in [0, 0.1) is 5.92 Å². The van der Waals surface area contributed by atoms with E-state index in [2.05, 4.69) is 25.3 Å². The number of piperidine rings is 1. The minimum Gasteiger partial charge on any atom is -0.444 e. The lowest BCUT2D eigenvalue weighted by atomic mass is 9.85. The van der Waals surface area contributed by atoms with Crippen LogP contribution in [0.5, 0.6) is 0 Å². The number of ether oxygens (including phenoxy) is 1. The molecule has 2 rings (SSSR count). The van der Waals surface area contributed by atoms with E-state index in [1.807, 2.05) is 32.9 Å². The van der Waals surface area contributed by atoms with Crippen molar-refractivity contribution in [3.8, 4) is 0 Å². The fraction of sp³-hybridized carbons (Fsp3) is 0.667. The summed E-state index contributed by atoms with van der Waals surface area (Å²) >= 11 is 1.73. The van der Waals surface area contributed by atoms with E-state index >= 15 is 0 Å². The fourth-order valence-corrected chi connectivity index (χ4v) is 4.18. The first kappa shape index (κ1) is 21.1. The molecule has 0 radical (unpaired) electrons. The molecule has 1 heterocycles. The first-order valence-corrected chi connectivity index (χ1v) is 10.7. The minimum atomic E-state index is -0.454. The highest BCUT2D eigenvalue weighted by atomic mass is 32.2. The van der Waals surface area contributed by atoms with E-state index in [1.165, 1.54) is 10.5 Å². The van der Waals surface area contributed by atoms with Crippen LogP contribution in [0.25, 0.3) is 0 Å². The number of rotatable bonds is 5. The first-order valence-electron chi connectivity index (χ1n) is 9.50. The molecule has 1 fully saturated rings. The maximum Gasteiger partial charge on any atom is 0.410 e. The third-order valence-corrected chi connectivity index (χ3v) is 5.86. The van der Waals surface area contributed by atoms with E-state index < -0.39 is 5.60 Å². The Hall–Kier alpha value is -1.20. The number of amides is 1. The van der Waals surface area contributed by atoms with Crippen LogP contribution in [0.3, 0.4) is 0 Å². The van der Waals surface area contributed by atoms with Crippen LogP contribution in [-0.4, -0.2) is 47.1 Å². The van der Waals surface area contributed by atoms with E-state index in [9.17, 15) is 9.90 Å². The number of aliphatic hydroxyl groups is 1. The molecule has 0 saturated carbocycles. The number of hydrogen-bond acceptors (Lipinski definition) is 4. The molecule has 1 amide bonds. The van der Waals surface area contributed by atoms with Crippen molar-refractivity contribution in [3.05, 3.63) is 29.8 Å². The van der Waals surface area contributed by atoms with Gasteiger partial charge in [0.25, 0.3) is 0 Å². The Morgan fingerprint density at radius 1 is 1.31 bits per heavy atom. The van der Waals surface area contributed by atoms with Gasteiger partial charge in [-0.3, -0.25) is 0 Å². The number of aliphatic hydroxyl groups excluding tert-OH is 1. The summed E-state index contributed by atoms with van der Waals surface area (Å²) in [6, 6.07) is 8.31. The summed E-state index contributed by atoms with van der Waals surface area (Å²) in [5.41, 5.74) is 0.767. The average molecular weight is 380 g/mol. The van der Waals surface area contributed by atoms with Gasteiger partial charge in [-0.15, -0.1) is 11.8 Å². The van der Waals surface area contributed by atoms with Crippen molar-refractivity contribution in [1.82, 2.24) is 4.90 Å². The number of benzene rings is 1. The van der Waals surface area contributed by atoms with E-state index in [0.717, 1.165) is 19.3 Å². The first-order chi connectivity index (χ1) is 12.2. The quantitative estimate of drug-likeness (QED) is 0.739. The maximum atomic E-state index is 12.2. The van der Waals surface area contributed by atoms with E-state index in [1.54, 1.807) is 16.7 Å². The molecule has 1 aromatic rings. The standard InChI is InChI=1S/C21H33NO3S/c1-15(17-8-6-7-9-19(17)26-5)18(23)14-16-10-12-22(13-11-16)20(24)25-21(2,3)4/h6-9,15-16,18,23H,10-14H2,1-5H3. The van der Waals surface area contributed by atoms with Crippen molar-refractivity contribution in [2.45, 2.75) is 69.5 Å². The Labute approximate surface area is 162 Å². The van der Waals surface area contributed by atoms with Crippen LogP contribution in [0.1, 0.15) is 58.4 Å². The van der Waals surface area contributed by atoms with Gasteiger partial charge in [0.1, 0.15) is 5.60 Å². The summed E-state index contributed by atoms with van der Waals surface area (Å²) in [4.78, 5) is 15.2. The molecule has 146 valence electrons. The number of carbonyl (C=O) groups is 1. The molecule has 1 aliphatic rings. The molecule has 26 heavy (non-hydrogen) atoms. The molecule has 4 nitrogen and oxygen atoms in total. The summed E-state index contributed by atoms with van der Waals surface area (Å²) in [6.45, 7) is 9.20. The Morgan fingerprint density at radius 2 is 1.92 bits per heavy atom. The highest BCUT2D eigenvalue weighted by Crippen LogP contribution is 2.33. The minimum absolute atomic E-state index is 0.113. The lowest BCUT2D eigenvalue weighted by Gasteiger charge is -2.34. The van der Waals surface area contributed by atoms with Gasteiger partial charge in [-0.2, -0.15) is 0 Å². The summed E-state index contributed by atoms with van der Waals surface area (Å²) in [7, 11) is 0. The van der Waals surface area contributed by atoms with Gasteiger partial charge in [0, 0.05) is 23.9 Å². The zero-order valence-electron chi connectivity index (χ0n) is 16.7. The van der Waals surface area contributed by atoms with Gasteiger partial charge < -0.3 is 14.7 Å². The van der Waals surface area contributed by atoms with Crippen molar-refractivity contribution in [2.24, 2.45) is 5.92 Å². The predicted molar refractivity (Wildman–Crippen MR) is 108 cm³/mol. The predicted octanol–water partition coefficient (Wildman–Crippen LogP) is 4.91. The van der Waals surface area contributed by atoms with Gasteiger partial charge in [-0.25, -0.2) is 4.79 Å². The average Bonchev–Trinajstić information content (AvgIpc) is 2.60. The van der Waals surface area contributed by atoms with Crippen LogP contribution >= 0.6 is 11.8 Å². The Kier molecular flexibility index (Phi) is 7.42. The number of carbonyl (C=O) groups excluding carboxylic acids is 1. The van der Waals surface area contributed by atoms with Crippen LogP contribution in [0.4, 0.5) is 4.79 Å². The van der Waals surface area contributed by atoms with Gasteiger partial charge in [-0.05, 0) is 63.8 Å². The topological polar surface area (TPSA) is 49.8 Å². The molecule has 2 atom stereocenters. The molecular weight excluding hydrogens is 346 g/mol. The maximum absolute atomic E-state index is 12.2. The number of likely N-dealkylation sites (tertiary alicyclic amines) is 1. The Bertz CT molecular complexity index is 591. The van der Waals surface area contributed by atoms with Crippen LogP contribution < -0.4 is 0 Å². The summed E-state index contributed by atoms with van der Waals surface area (Å²) < 4.78 is 5.45. The van der Waals surface area contributed by atoms with Crippen molar-refractivity contribution in [1.29, 1.82) is 0 Å². The van der Waals surface area contributed by atoms with Crippen LogP contribution in [0.2, 0.25) is 0 Å². The molecule has 1 N–H and O–H groups in total. The third-order valence-electron chi connectivity index (χ3n) is 5.05. The molecule has 1 aliphatic heterocycles. The summed E-state index contributed by atoms with van der Waals surface area (Å²) in [6.07, 6.45) is 4.12. The van der Waals surface area contributed by atoms with Crippen LogP contribution in [-0.2, 0) is 4.74 Å². The smallest absolute Gasteiger partial charge is 0.410 e. The molecule has 1 aromatic carbocycles. The summed E-state index contributed by atoms with van der Waals surface area (Å²) in [5, 5.41) is 10.8. The molecule has 2 unspecified atom stereocenters. The second kappa shape index (κ2) is 9.14. The molecule has 0 spiro atoms. The van der Waals surface area contributed by atoms with Gasteiger partial charge in [0.05, 0.1) is 6.10 Å². The zero-order chi connectivity index (χ0) is 19.3. The second-order valence-electron chi connectivity index (χ2n) is 8.24. The highest BCUT2D eigenvalue weighted by molar-refractivity contribution is 7.98. The van der Waals surface area contributed by atoms with Crippen molar-refractivity contribution in [2.75, 3.05) is 19.3 Å². The fourth-order valence-electron chi connectivity index (χ4n) is 3.47. The molecule has 5 heteroatoms. The van der Waals surface area contributed by atoms with E-state index in [0.29, 0.717) is 19.0 Å². The van der Waals surface area contributed by atoms with Gasteiger partial charge in [0.2, 0.25) is 0 Å². The monoisotopic (exact) mass is 379 g/mol. The van der Waals surface area contributed by atoms with Gasteiger partial charge in [-0.1, -0.05) is 25.1 Å².